The molecule has 0 aliphatic heterocycles. The molecule has 0 spiro atoms. The molecule has 0 atom stereocenters. The first-order chi connectivity index (χ1) is 5.61. The lowest BCUT2D eigenvalue weighted by atomic mass is 10.3. The van der Waals surface area contributed by atoms with Gasteiger partial charge < -0.3 is 10.5 Å². The fraction of sp³-hybridized carbons (Fsp3) is 0.429. The molecular formula is C7H10F3NO. The topological polar surface area (TPSA) is 35.2 Å². The quantitative estimate of drug-likeness (QED) is 0.531. The molecule has 0 rings (SSSR count). The lowest BCUT2D eigenvalue weighted by Crippen LogP contribution is -2.08. The summed E-state index contributed by atoms with van der Waals surface area (Å²) in [6.45, 7) is -2.34. The summed E-state index contributed by atoms with van der Waals surface area (Å²) in [6.07, 6.45) is 2.20. The molecule has 2 nitrogen and oxygen atoms in total. The Morgan fingerprint density at radius 2 is 2.17 bits per heavy atom. The molecule has 0 aromatic rings. The molecule has 2 N–H and O–H groups in total. The Hall–Kier alpha value is -1.13. The maximum Gasteiger partial charge on any atom is 0.387 e. The summed E-state index contributed by atoms with van der Waals surface area (Å²) >= 11 is 0. The van der Waals surface area contributed by atoms with E-state index in [1.165, 1.54) is 13.0 Å². The molecule has 0 aliphatic carbocycles. The van der Waals surface area contributed by atoms with Crippen molar-refractivity contribution < 1.29 is 17.9 Å². The van der Waals surface area contributed by atoms with Crippen LogP contribution in [0.25, 0.3) is 0 Å². The van der Waals surface area contributed by atoms with E-state index in [9.17, 15) is 13.2 Å². The second-order valence-corrected chi connectivity index (χ2v) is 1.85. The first-order valence-corrected chi connectivity index (χ1v) is 3.25. The van der Waals surface area contributed by atoms with Gasteiger partial charge in [-0.1, -0.05) is 6.08 Å². The summed E-state index contributed by atoms with van der Waals surface area (Å²) in [7, 11) is 0. The third kappa shape index (κ3) is 3.90. The van der Waals surface area contributed by atoms with Crippen molar-refractivity contribution in [2.45, 2.75) is 13.5 Å². The van der Waals surface area contributed by atoms with Gasteiger partial charge in [-0.2, -0.15) is 8.78 Å². The maximum atomic E-state index is 11.7. The highest BCUT2D eigenvalue weighted by molar-refractivity contribution is 5.21. The van der Waals surface area contributed by atoms with E-state index in [-0.39, 0.29) is 11.5 Å². The van der Waals surface area contributed by atoms with Gasteiger partial charge in [-0.25, -0.2) is 4.39 Å². The summed E-state index contributed by atoms with van der Waals surface area (Å²) in [6, 6.07) is 0. The number of allylic oxidation sites excluding steroid dienone is 2. The van der Waals surface area contributed by atoms with Gasteiger partial charge in [0.25, 0.3) is 0 Å². The van der Waals surface area contributed by atoms with Crippen LogP contribution in [0, 0.1) is 0 Å². The minimum atomic E-state index is -2.98. The van der Waals surface area contributed by atoms with Crippen molar-refractivity contribution >= 4 is 0 Å². The molecule has 0 unspecified atom stereocenters. The standard InChI is InChI=1S/C7H10F3NO/c1-2-5(11)6(3-4-8)12-7(9)10/h2-3,7H,4,11H2,1H3/b5-2+,6-3+. The molecule has 0 aliphatic rings. The molecule has 0 radical (unpaired) electrons. The summed E-state index contributed by atoms with van der Waals surface area (Å²) in [5, 5.41) is 0. The second kappa shape index (κ2) is 5.51. The predicted molar refractivity (Wildman–Crippen MR) is 39.1 cm³/mol. The highest BCUT2D eigenvalue weighted by Gasteiger charge is 2.08. The molecule has 0 aromatic heterocycles. The number of rotatable bonds is 4. The fourth-order valence-electron chi connectivity index (χ4n) is 0.542. The van der Waals surface area contributed by atoms with E-state index >= 15 is 0 Å². The smallest absolute Gasteiger partial charge is 0.387 e. The second-order valence-electron chi connectivity index (χ2n) is 1.85. The average molecular weight is 181 g/mol. The van der Waals surface area contributed by atoms with Crippen LogP contribution in [-0.2, 0) is 4.74 Å². The van der Waals surface area contributed by atoms with Gasteiger partial charge in [0.05, 0.1) is 5.70 Å². The van der Waals surface area contributed by atoms with Crippen molar-refractivity contribution in [1.82, 2.24) is 0 Å². The van der Waals surface area contributed by atoms with Crippen molar-refractivity contribution in [3.8, 4) is 0 Å². The molecule has 12 heavy (non-hydrogen) atoms. The molecule has 0 saturated carbocycles. The van der Waals surface area contributed by atoms with Gasteiger partial charge in [-0.3, -0.25) is 0 Å². The Morgan fingerprint density at radius 3 is 2.50 bits per heavy atom. The number of hydrogen-bond acceptors (Lipinski definition) is 2. The van der Waals surface area contributed by atoms with Gasteiger partial charge in [-0.15, -0.1) is 0 Å². The fourth-order valence-corrected chi connectivity index (χ4v) is 0.542. The molecule has 5 heteroatoms. The number of halogens is 3. The number of nitrogens with two attached hydrogens (primary N) is 1. The van der Waals surface area contributed by atoms with Crippen molar-refractivity contribution in [3.63, 3.8) is 0 Å². The molecule has 0 heterocycles. The summed E-state index contributed by atoms with van der Waals surface area (Å²) < 4.78 is 38.9. The van der Waals surface area contributed by atoms with Gasteiger partial charge in [0.1, 0.15) is 12.4 Å². The van der Waals surface area contributed by atoms with Crippen molar-refractivity contribution in [1.29, 1.82) is 0 Å². The van der Waals surface area contributed by atoms with E-state index in [1.807, 2.05) is 0 Å². The zero-order chi connectivity index (χ0) is 9.56. The van der Waals surface area contributed by atoms with Crippen molar-refractivity contribution in [3.05, 3.63) is 23.6 Å². The van der Waals surface area contributed by atoms with Crippen LogP contribution in [0.5, 0.6) is 0 Å². The molecule has 0 amide bonds. The minimum absolute atomic E-state index is 0.00653. The van der Waals surface area contributed by atoms with Crippen LogP contribution in [0.4, 0.5) is 13.2 Å². The molecule has 0 bridgehead atoms. The third-order valence-corrected chi connectivity index (χ3v) is 1.07. The Balaban J connectivity index is 4.35. The molecular weight excluding hydrogens is 171 g/mol. The van der Waals surface area contributed by atoms with Gasteiger partial charge in [0.15, 0.2) is 0 Å². The van der Waals surface area contributed by atoms with Gasteiger partial charge in [0.2, 0.25) is 0 Å². The van der Waals surface area contributed by atoms with E-state index in [4.69, 9.17) is 5.73 Å². The van der Waals surface area contributed by atoms with Gasteiger partial charge in [0, 0.05) is 0 Å². The van der Waals surface area contributed by atoms with Crippen LogP contribution < -0.4 is 5.73 Å². The van der Waals surface area contributed by atoms with E-state index in [0.29, 0.717) is 0 Å². The number of alkyl halides is 3. The van der Waals surface area contributed by atoms with Crippen LogP contribution in [-0.4, -0.2) is 13.3 Å². The summed E-state index contributed by atoms with van der Waals surface area (Å²) in [5.74, 6) is -0.324. The molecule has 70 valence electrons. The average Bonchev–Trinajstić information content (AvgIpc) is 2.01. The highest BCUT2D eigenvalue weighted by atomic mass is 19.3. The van der Waals surface area contributed by atoms with E-state index in [2.05, 4.69) is 4.74 Å². The normalized spacial score (nSPS) is 13.8. The molecule has 0 saturated heterocycles. The van der Waals surface area contributed by atoms with E-state index < -0.39 is 13.3 Å². The predicted octanol–water partition coefficient (Wildman–Crippen LogP) is 1.94. The largest absolute Gasteiger partial charge is 0.433 e. The van der Waals surface area contributed by atoms with Gasteiger partial charge >= 0.3 is 6.61 Å². The van der Waals surface area contributed by atoms with Crippen LogP contribution in [0.15, 0.2) is 23.6 Å². The van der Waals surface area contributed by atoms with Crippen LogP contribution in [0.1, 0.15) is 6.92 Å². The van der Waals surface area contributed by atoms with E-state index in [0.717, 1.165) is 6.08 Å². The van der Waals surface area contributed by atoms with Gasteiger partial charge in [-0.05, 0) is 13.0 Å². The monoisotopic (exact) mass is 181 g/mol. The SMILES string of the molecule is C/C=C(N)\C(=C/CF)OC(F)F. The lowest BCUT2D eigenvalue weighted by molar-refractivity contribution is -0.0937. The van der Waals surface area contributed by atoms with Crippen molar-refractivity contribution in [2.24, 2.45) is 5.73 Å². The maximum absolute atomic E-state index is 11.7. The first-order valence-electron chi connectivity index (χ1n) is 3.25. The number of ether oxygens (including phenoxy) is 1. The third-order valence-electron chi connectivity index (χ3n) is 1.07. The van der Waals surface area contributed by atoms with Crippen molar-refractivity contribution in [2.75, 3.05) is 6.67 Å². The number of hydrogen-bond donors (Lipinski definition) is 1. The minimum Gasteiger partial charge on any atom is -0.433 e. The van der Waals surface area contributed by atoms with E-state index in [1.54, 1.807) is 0 Å². The molecule has 0 fully saturated rings. The Kier molecular flexibility index (Phi) is 4.99. The molecule has 0 aromatic carbocycles. The summed E-state index contributed by atoms with van der Waals surface area (Å²) in [4.78, 5) is 0. The zero-order valence-corrected chi connectivity index (χ0v) is 6.56. The van der Waals surface area contributed by atoms with Crippen LogP contribution >= 0.6 is 0 Å². The zero-order valence-electron chi connectivity index (χ0n) is 6.56. The Labute approximate surface area is 68.5 Å². The summed E-state index contributed by atoms with van der Waals surface area (Å²) in [5.41, 5.74) is 5.21. The van der Waals surface area contributed by atoms with Crippen LogP contribution in [0.3, 0.4) is 0 Å². The lowest BCUT2D eigenvalue weighted by Gasteiger charge is -2.08. The Morgan fingerprint density at radius 1 is 1.58 bits per heavy atom. The Bertz CT molecular complexity index is 189. The van der Waals surface area contributed by atoms with Crippen LogP contribution in [0.2, 0.25) is 0 Å². The first kappa shape index (κ1) is 10.9. The highest BCUT2D eigenvalue weighted by Crippen LogP contribution is 2.10.